The number of amides is 1. The molecule has 0 aliphatic carbocycles. The number of aryl methyl sites for hydroxylation is 1. The highest BCUT2D eigenvalue weighted by atomic mass is 16.5. The van der Waals surface area contributed by atoms with E-state index in [1.807, 2.05) is 26.0 Å². The van der Waals surface area contributed by atoms with E-state index in [-0.39, 0.29) is 11.3 Å². The highest BCUT2D eigenvalue weighted by Crippen LogP contribution is 2.42. The fourth-order valence-electron chi connectivity index (χ4n) is 4.93. The molecule has 1 atom stereocenters. The number of methoxy groups -OCH3 is 1. The molecule has 1 N–H and O–H groups in total. The van der Waals surface area contributed by atoms with E-state index in [0.29, 0.717) is 60.6 Å². The maximum Gasteiger partial charge on any atom is 0.295 e. The Kier molecular flexibility index (Phi) is 11.0. The van der Waals surface area contributed by atoms with Crippen LogP contribution in [0.2, 0.25) is 0 Å². The molecule has 2 aromatic carbocycles. The number of likely N-dealkylation sites (N-methyl/N-ethyl adjacent to an activating group) is 1. The number of ketones is 1. The number of Topliss-reactive ketones (excluding diaryl/α,β-unsaturated/α-hetero) is 1. The van der Waals surface area contributed by atoms with E-state index >= 15 is 0 Å². The van der Waals surface area contributed by atoms with Gasteiger partial charge in [0.2, 0.25) is 0 Å². The third kappa shape index (κ3) is 6.97. The highest BCUT2D eigenvalue weighted by Gasteiger charge is 2.46. The zero-order chi connectivity index (χ0) is 29.4. The van der Waals surface area contributed by atoms with Crippen molar-refractivity contribution in [1.29, 1.82) is 0 Å². The Hall–Kier alpha value is -3.52. The van der Waals surface area contributed by atoms with E-state index in [9.17, 15) is 14.7 Å². The predicted octanol–water partition coefficient (Wildman–Crippen LogP) is 5.59. The van der Waals surface area contributed by atoms with Crippen molar-refractivity contribution in [3.8, 4) is 17.2 Å². The second-order valence-electron chi connectivity index (χ2n) is 10.4. The van der Waals surface area contributed by atoms with Crippen LogP contribution >= 0.6 is 0 Å². The zero-order valence-corrected chi connectivity index (χ0v) is 25.0. The van der Waals surface area contributed by atoms with Crippen LogP contribution in [0, 0.1) is 12.8 Å². The van der Waals surface area contributed by atoms with Crippen molar-refractivity contribution >= 4 is 17.4 Å². The smallest absolute Gasteiger partial charge is 0.295 e. The van der Waals surface area contributed by atoms with Crippen LogP contribution in [0.15, 0.2) is 42.0 Å². The average molecular weight is 553 g/mol. The number of hydrogen-bond acceptors (Lipinski definition) is 7. The first-order chi connectivity index (χ1) is 19.2. The second kappa shape index (κ2) is 14.2. The first-order valence-electron chi connectivity index (χ1n) is 14.2. The Morgan fingerprint density at radius 2 is 1.75 bits per heavy atom. The lowest BCUT2D eigenvalue weighted by molar-refractivity contribution is -0.140. The number of hydrogen-bond donors (Lipinski definition) is 1. The lowest BCUT2D eigenvalue weighted by atomic mass is 9.93. The van der Waals surface area contributed by atoms with Gasteiger partial charge in [0.25, 0.3) is 11.7 Å². The fourth-order valence-corrected chi connectivity index (χ4v) is 4.93. The van der Waals surface area contributed by atoms with Crippen LogP contribution in [0.4, 0.5) is 0 Å². The summed E-state index contributed by atoms with van der Waals surface area (Å²) in [5, 5.41) is 11.6. The van der Waals surface area contributed by atoms with Gasteiger partial charge in [0.15, 0.2) is 11.5 Å². The molecule has 1 unspecified atom stereocenters. The van der Waals surface area contributed by atoms with Crippen LogP contribution < -0.4 is 14.2 Å². The Morgan fingerprint density at radius 3 is 2.35 bits per heavy atom. The molecule has 3 rings (SSSR count). The van der Waals surface area contributed by atoms with Gasteiger partial charge in [-0.1, -0.05) is 33.8 Å². The third-order valence-electron chi connectivity index (χ3n) is 7.31. The summed E-state index contributed by atoms with van der Waals surface area (Å²) in [5.74, 6) is 0.741. The van der Waals surface area contributed by atoms with Crippen LogP contribution in [0.5, 0.6) is 17.2 Å². The second-order valence-corrected chi connectivity index (χ2v) is 10.4. The van der Waals surface area contributed by atoms with Gasteiger partial charge in [-0.15, -0.1) is 0 Å². The standard InChI is InChI=1S/C32H44N2O6/c1-8-33(9-2)16-17-34-29(23-11-14-26(27(20-23)38-7)40-18-15-21(4)5)28(31(36)32(34)37)30(35)25-13-12-24(39-10-3)19-22(25)6/h11-14,19-21,29,35H,8-10,15-18H2,1-7H3. The average Bonchev–Trinajstić information content (AvgIpc) is 3.18. The minimum atomic E-state index is -0.778. The van der Waals surface area contributed by atoms with Gasteiger partial charge in [-0.3, -0.25) is 9.59 Å². The van der Waals surface area contributed by atoms with Crippen molar-refractivity contribution in [3.63, 3.8) is 0 Å². The molecule has 1 fully saturated rings. The van der Waals surface area contributed by atoms with Gasteiger partial charge in [0, 0.05) is 18.7 Å². The summed E-state index contributed by atoms with van der Waals surface area (Å²) in [6.45, 7) is 15.8. The number of nitrogens with zero attached hydrogens (tertiary/aromatic N) is 2. The Morgan fingerprint density at radius 1 is 1.02 bits per heavy atom. The summed E-state index contributed by atoms with van der Waals surface area (Å²) in [6.07, 6.45) is 0.901. The van der Waals surface area contributed by atoms with Gasteiger partial charge in [-0.2, -0.15) is 0 Å². The molecule has 8 nitrogen and oxygen atoms in total. The predicted molar refractivity (Wildman–Crippen MR) is 157 cm³/mol. The molecule has 0 radical (unpaired) electrons. The largest absolute Gasteiger partial charge is 0.507 e. The minimum absolute atomic E-state index is 0.0623. The quantitative estimate of drug-likeness (QED) is 0.186. The number of rotatable bonds is 14. The van der Waals surface area contributed by atoms with Crippen molar-refractivity contribution in [3.05, 3.63) is 58.7 Å². The number of benzene rings is 2. The molecular formula is C32H44N2O6. The number of likely N-dealkylation sites (tertiary alicyclic amines) is 1. The van der Waals surface area contributed by atoms with E-state index in [2.05, 4.69) is 32.6 Å². The van der Waals surface area contributed by atoms with Crippen molar-refractivity contribution in [1.82, 2.24) is 9.80 Å². The van der Waals surface area contributed by atoms with Crippen molar-refractivity contribution in [2.75, 3.05) is 46.5 Å². The van der Waals surface area contributed by atoms with Gasteiger partial charge in [-0.25, -0.2) is 0 Å². The summed E-state index contributed by atoms with van der Waals surface area (Å²) < 4.78 is 17.2. The van der Waals surface area contributed by atoms with Gasteiger partial charge < -0.3 is 29.1 Å². The Labute approximate surface area is 238 Å². The van der Waals surface area contributed by atoms with Crippen LogP contribution in [0.25, 0.3) is 5.76 Å². The number of ether oxygens (including phenoxy) is 3. The number of carbonyl (C=O) groups excluding carboxylic acids is 2. The van der Waals surface area contributed by atoms with Gasteiger partial charge in [0.1, 0.15) is 11.5 Å². The van der Waals surface area contributed by atoms with Crippen LogP contribution in [-0.4, -0.2) is 73.1 Å². The van der Waals surface area contributed by atoms with Gasteiger partial charge >= 0.3 is 0 Å². The molecule has 40 heavy (non-hydrogen) atoms. The molecule has 1 heterocycles. The summed E-state index contributed by atoms with van der Waals surface area (Å²) in [6, 6.07) is 9.96. The minimum Gasteiger partial charge on any atom is -0.507 e. The number of aliphatic hydroxyl groups excluding tert-OH is 1. The molecule has 1 aliphatic heterocycles. The van der Waals surface area contributed by atoms with Gasteiger partial charge in [0.05, 0.1) is 31.9 Å². The molecule has 218 valence electrons. The first kappa shape index (κ1) is 31.0. The summed E-state index contributed by atoms with van der Waals surface area (Å²) in [5.41, 5.74) is 1.95. The molecule has 1 saturated heterocycles. The number of carbonyl (C=O) groups is 2. The van der Waals surface area contributed by atoms with Crippen molar-refractivity contribution in [2.24, 2.45) is 5.92 Å². The molecule has 0 saturated carbocycles. The molecule has 0 bridgehead atoms. The molecule has 1 amide bonds. The maximum atomic E-state index is 13.5. The number of aliphatic hydroxyl groups is 1. The SMILES string of the molecule is CCOc1ccc(C(O)=C2C(=O)C(=O)N(CCN(CC)CC)C2c2ccc(OCCC(C)C)c(OC)c2)c(C)c1. The maximum absolute atomic E-state index is 13.5. The topological polar surface area (TPSA) is 88.5 Å². The van der Waals surface area contributed by atoms with E-state index in [4.69, 9.17) is 14.2 Å². The van der Waals surface area contributed by atoms with E-state index in [0.717, 1.165) is 25.1 Å². The van der Waals surface area contributed by atoms with Crippen molar-refractivity contribution in [2.45, 2.75) is 54.0 Å². The normalized spacial score (nSPS) is 16.7. The van der Waals surface area contributed by atoms with Crippen molar-refractivity contribution < 1.29 is 28.9 Å². The molecule has 2 aromatic rings. The van der Waals surface area contributed by atoms with E-state index in [1.54, 1.807) is 36.3 Å². The van der Waals surface area contributed by atoms with Gasteiger partial charge in [-0.05, 0) is 80.7 Å². The van der Waals surface area contributed by atoms with E-state index in [1.165, 1.54) is 0 Å². The fraction of sp³-hybridized carbons (Fsp3) is 0.500. The van der Waals surface area contributed by atoms with Crippen LogP contribution in [0.3, 0.4) is 0 Å². The molecule has 0 aromatic heterocycles. The lowest BCUT2D eigenvalue weighted by Gasteiger charge is -2.28. The zero-order valence-electron chi connectivity index (χ0n) is 25.0. The van der Waals surface area contributed by atoms with E-state index < -0.39 is 17.7 Å². The molecule has 0 spiro atoms. The molecule has 1 aliphatic rings. The summed E-state index contributed by atoms with van der Waals surface area (Å²) >= 11 is 0. The highest BCUT2D eigenvalue weighted by molar-refractivity contribution is 6.46. The van der Waals surface area contributed by atoms with Crippen LogP contribution in [-0.2, 0) is 9.59 Å². The Bertz CT molecular complexity index is 1220. The summed E-state index contributed by atoms with van der Waals surface area (Å²) in [4.78, 5) is 30.7. The monoisotopic (exact) mass is 552 g/mol. The lowest BCUT2D eigenvalue weighted by Crippen LogP contribution is -2.38. The third-order valence-corrected chi connectivity index (χ3v) is 7.31. The van der Waals surface area contributed by atoms with Crippen LogP contribution in [0.1, 0.15) is 63.8 Å². The first-order valence-corrected chi connectivity index (χ1v) is 14.2. The molecule has 8 heteroatoms. The summed E-state index contributed by atoms with van der Waals surface area (Å²) in [7, 11) is 1.56. The Balaban J connectivity index is 2.11. The molecular weight excluding hydrogens is 508 g/mol.